The van der Waals surface area contributed by atoms with Crippen molar-refractivity contribution >= 4 is 28.6 Å². The minimum absolute atomic E-state index is 0.386. The van der Waals surface area contributed by atoms with Gasteiger partial charge in [-0.15, -0.1) is 22.7 Å². The first kappa shape index (κ1) is 9.36. The molecule has 0 atom stereocenters. The van der Waals surface area contributed by atoms with Crippen LogP contribution in [0.25, 0.3) is 0 Å². The van der Waals surface area contributed by atoms with Crippen LogP contribution in [0.15, 0.2) is 23.7 Å². The molecule has 2 heterocycles. The van der Waals surface area contributed by atoms with Crippen LogP contribution in [0.4, 0.5) is 0 Å². The number of carbonyl (C=O) groups is 1. The van der Waals surface area contributed by atoms with Crippen LogP contribution >= 0.6 is 22.7 Å². The average molecular weight is 225 g/mol. The smallest absolute Gasteiger partial charge is 0.345 e. The molecule has 2 aromatic heterocycles. The summed E-state index contributed by atoms with van der Waals surface area (Å²) in [6, 6.07) is 3.48. The number of carboxylic acid groups (broad SMARTS) is 1. The fourth-order valence-corrected chi connectivity index (χ4v) is 2.66. The molecule has 0 aliphatic rings. The first-order valence-corrected chi connectivity index (χ1v) is 5.65. The van der Waals surface area contributed by atoms with E-state index in [4.69, 9.17) is 5.11 Å². The molecule has 5 heteroatoms. The third-order valence-corrected chi connectivity index (χ3v) is 3.53. The van der Waals surface area contributed by atoms with E-state index in [1.807, 2.05) is 11.4 Å². The maximum Gasteiger partial charge on any atom is 0.345 e. The summed E-state index contributed by atoms with van der Waals surface area (Å²) >= 11 is 2.89. The lowest BCUT2D eigenvalue weighted by Gasteiger charge is -1.89. The molecule has 0 radical (unpaired) electrons. The third kappa shape index (κ3) is 2.00. The van der Waals surface area contributed by atoms with E-state index < -0.39 is 5.97 Å². The number of carboxylic acids is 1. The van der Waals surface area contributed by atoms with Crippen LogP contribution in [0.2, 0.25) is 0 Å². The molecule has 72 valence electrons. The number of aromatic carboxylic acids is 1. The summed E-state index contributed by atoms with van der Waals surface area (Å²) in [6.45, 7) is 0. The topological polar surface area (TPSA) is 50.2 Å². The normalized spacial score (nSPS) is 10.3. The lowest BCUT2D eigenvalue weighted by molar-refractivity contribution is 0.0702. The van der Waals surface area contributed by atoms with Gasteiger partial charge < -0.3 is 5.11 Å². The molecular weight excluding hydrogens is 218 g/mol. The van der Waals surface area contributed by atoms with Crippen LogP contribution in [0, 0.1) is 0 Å². The zero-order chi connectivity index (χ0) is 9.97. The molecule has 2 aromatic rings. The highest BCUT2D eigenvalue weighted by Gasteiger charge is 2.07. The monoisotopic (exact) mass is 225 g/mol. The Balaban J connectivity index is 2.14. The predicted octanol–water partition coefficient (Wildman–Crippen LogP) is 2.49. The second-order valence-electron chi connectivity index (χ2n) is 2.67. The number of hydrogen-bond acceptors (Lipinski definition) is 4. The number of thiophene rings is 1. The quantitative estimate of drug-likeness (QED) is 0.873. The zero-order valence-corrected chi connectivity index (χ0v) is 8.77. The Bertz CT molecular complexity index is 433. The molecule has 0 fully saturated rings. The van der Waals surface area contributed by atoms with Crippen molar-refractivity contribution in [2.45, 2.75) is 6.42 Å². The van der Waals surface area contributed by atoms with Crippen molar-refractivity contribution in [3.05, 3.63) is 38.5 Å². The molecule has 2 rings (SSSR count). The maximum atomic E-state index is 10.6. The van der Waals surface area contributed by atoms with Gasteiger partial charge in [-0.2, -0.15) is 0 Å². The Hall–Kier alpha value is -1.20. The Kier molecular flexibility index (Phi) is 2.60. The Morgan fingerprint density at radius 3 is 2.93 bits per heavy atom. The van der Waals surface area contributed by atoms with Gasteiger partial charge in [0.05, 0.1) is 5.01 Å². The van der Waals surface area contributed by atoms with Crippen molar-refractivity contribution in [2.24, 2.45) is 0 Å². The van der Waals surface area contributed by atoms with Crippen molar-refractivity contribution in [1.29, 1.82) is 0 Å². The van der Waals surface area contributed by atoms with Crippen LogP contribution in [-0.2, 0) is 6.42 Å². The minimum Gasteiger partial charge on any atom is -0.477 e. The lowest BCUT2D eigenvalue weighted by Crippen LogP contribution is -1.89. The van der Waals surface area contributed by atoms with Crippen molar-refractivity contribution < 1.29 is 9.90 Å². The van der Waals surface area contributed by atoms with E-state index in [2.05, 4.69) is 4.98 Å². The molecule has 0 unspecified atom stereocenters. The highest BCUT2D eigenvalue weighted by molar-refractivity contribution is 7.14. The molecule has 1 N–H and O–H groups in total. The molecular formula is C9H7NO2S2. The molecule has 0 saturated carbocycles. The van der Waals surface area contributed by atoms with Crippen molar-refractivity contribution in [3.63, 3.8) is 0 Å². The predicted molar refractivity (Wildman–Crippen MR) is 56.2 cm³/mol. The summed E-state index contributed by atoms with van der Waals surface area (Å²) in [6.07, 6.45) is 2.49. The van der Waals surface area contributed by atoms with Crippen LogP contribution in [0.1, 0.15) is 19.6 Å². The molecule has 0 spiro atoms. The molecule has 3 nitrogen and oxygen atoms in total. The first-order chi connectivity index (χ1) is 6.75. The fraction of sp³-hybridized carbons (Fsp3) is 0.111. The van der Waals surface area contributed by atoms with Gasteiger partial charge in [0, 0.05) is 22.9 Å². The second kappa shape index (κ2) is 3.89. The summed E-state index contributed by atoms with van der Waals surface area (Å²) in [7, 11) is 0. The summed E-state index contributed by atoms with van der Waals surface area (Å²) < 4.78 is 0. The lowest BCUT2D eigenvalue weighted by atomic mass is 10.3. The van der Waals surface area contributed by atoms with Gasteiger partial charge in [0.1, 0.15) is 4.88 Å². The van der Waals surface area contributed by atoms with E-state index in [1.54, 1.807) is 23.6 Å². The number of hydrogen-bond donors (Lipinski definition) is 1. The summed E-state index contributed by atoms with van der Waals surface area (Å²) in [5.41, 5.74) is 0. The highest BCUT2D eigenvalue weighted by atomic mass is 32.1. The van der Waals surface area contributed by atoms with E-state index in [9.17, 15) is 4.79 Å². The highest BCUT2D eigenvalue weighted by Crippen LogP contribution is 2.20. The van der Waals surface area contributed by atoms with Crippen molar-refractivity contribution in [3.8, 4) is 0 Å². The van der Waals surface area contributed by atoms with Gasteiger partial charge in [-0.05, 0) is 12.1 Å². The number of rotatable bonds is 3. The summed E-state index contributed by atoms with van der Waals surface area (Å²) in [5, 5.41) is 11.7. The number of nitrogens with zero attached hydrogens (tertiary/aromatic N) is 1. The Labute approximate surface area is 88.7 Å². The second-order valence-corrected chi connectivity index (χ2v) is 4.82. The molecule has 0 aromatic carbocycles. The van der Waals surface area contributed by atoms with E-state index in [0.717, 1.165) is 16.3 Å². The van der Waals surface area contributed by atoms with Gasteiger partial charge in [-0.25, -0.2) is 9.78 Å². The molecule has 14 heavy (non-hydrogen) atoms. The fourth-order valence-electron chi connectivity index (χ4n) is 1.08. The minimum atomic E-state index is -0.861. The van der Waals surface area contributed by atoms with Gasteiger partial charge in [0.2, 0.25) is 0 Å². The van der Waals surface area contributed by atoms with Crippen LogP contribution in [-0.4, -0.2) is 16.1 Å². The van der Waals surface area contributed by atoms with Gasteiger partial charge in [0.15, 0.2) is 0 Å². The van der Waals surface area contributed by atoms with E-state index >= 15 is 0 Å². The first-order valence-electron chi connectivity index (χ1n) is 3.96. The summed E-state index contributed by atoms with van der Waals surface area (Å²) in [5.74, 6) is -0.861. The molecule has 0 aliphatic heterocycles. The Morgan fingerprint density at radius 2 is 2.36 bits per heavy atom. The van der Waals surface area contributed by atoms with Gasteiger partial charge in [-0.1, -0.05) is 0 Å². The van der Waals surface area contributed by atoms with E-state index in [-0.39, 0.29) is 0 Å². The third-order valence-electron chi connectivity index (χ3n) is 1.68. The molecule has 0 bridgehead atoms. The Morgan fingerprint density at radius 1 is 1.50 bits per heavy atom. The number of aromatic nitrogens is 1. The van der Waals surface area contributed by atoms with Crippen LogP contribution < -0.4 is 0 Å². The van der Waals surface area contributed by atoms with Gasteiger partial charge in [-0.3, -0.25) is 0 Å². The molecule has 0 saturated heterocycles. The van der Waals surface area contributed by atoms with Crippen molar-refractivity contribution in [2.75, 3.05) is 0 Å². The van der Waals surface area contributed by atoms with Gasteiger partial charge >= 0.3 is 5.97 Å². The number of thiazole rings is 1. The van der Waals surface area contributed by atoms with Gasteiger partial charge in [0.25, 0.3) is 0 Å². The largest absolute Gasteiger partial charge is 0.477 e. The molecule has 0 amide bonds. The maximum absolute atomic E-state index is 10.6. The average Bonchev–Trinajstić information content (AvgIpc) is 2.75. The van der Waals surface area contributed by atoms with Crippen LogP contribution in [0.3, 0.4) is 0 Å². The van der Waals surface area contributed by atoms with Crippen LogP contribution in [0.5, 0.6) is 0 Å². The van der Waals surface area contributed by atoms with E-state index in [0.29, 0.717) is 4.88 Å². The SMILES string of the molecule is O=C(O)c1ccc(Cc2nccs2)s1. The standard InChI is InChI=1S/C9H7NO2S2/c11-9(12)7-2-1-6(14-7)5-8-10-3-4-13-8/h1-4H,5H2,(H,11,12). The molecule has 0 aliphatic carbocycles. The van der Waals surface area contributed by atoms with Crippen molar-refractivity contribution in [1.82, 2.24) is 4.98 Å². The zero-order valence-electron chi connectivity index (χ0n) is 7.14. The van der Waals surface area contributed by atoms with E-state index in [1.165, 1.54) is 11.3 Å². The summed E-state index contributed by atoms with van der Waals surface area (Å²) in [4.78, 5) is 16.2.